The average Bonchev–Trinajstić information content (AvgIpc) is 3.20. The Morgan fingerprint density at radius 2 is 2.07 bits per heavy atom. The van der Waals surface area contributed by atoms with Gasteiger partial charge >= 0.3 is 0 Å². The molecule has 2 unspecified atom stereocenters. The zero-order valence-electron chi connectivity index (χ0n) is 18.2. The Kier molecular flexibility index (Phi) is 8.02. The van der Waals surface area contributed by atoms with Gasteiger partial charge in [-0.15, -0.1) is 0 Å². The summed E-state index contributed by atoms with van der Waals surface area (Å²) in [5.41, 5.74) is 1.31. The summed E-state index contributed by atoms with van der Waals surface area (Å²) in [5, 5.41) is 6.87. The molecule has 2 atom stereocenters. The molecule has 1 aliphatic heterocycles. The summed E-state index contributed by atoms with van der Waals surface area (Å²) < 4.78 is 14.1. The van der Waals surface area contributed by atoms with Gasteiger partial charge in [-0.2, -0.15) is 0 Å². The molecule has 7 heteroatoms. The number of nitrogens with zero attached hydrogens (tertiary/aromatic N) is 4. The molecule has 1 aromatic heterocycles. The first kappa shape index (κ1) is 22.0. The summed E-state index contributed by atoms with van der Waals surface area (Å²) in [6, 6.07) is 14.1. The van der Waals surface area contributed by atoms with Crippen LogP contribution in [0.2, 0.25) is 0 Å². The summed E-state index contributed by atoms with van der Waals surface area (Å²) >= 11 is 0. The van der Waals surface area contributed by atoms with Crippen molar-refractivity contribution in [1.82, 2.24) is 20.5 Å². The standard InChI is InChI=1S/C23H33FN6/c1-4-25-23(27-16-20(29(2)3)15-18-9-6-5-7-10-18)28-19-12-14-30(17-19)22-21(24)11-8-13-26-22/h5-11,13,19-20H,4,12,14-17H2,1-3H3,(H2,25,27,28). The van der Waals surface area contributed by atoms with Gasteiger partial charge in [0.2, 0.25) is 0 Å². The molecule has 0 saturated carbocycles. The first-order chi connectivity index (χ1) is 14.6. The second-order valence-electron chi connectivity index (χ2n) is 7.91. The number of guanidine groups is 1. The molecule has 0 aliphatic carbocycles. The van der Waals surface area contributed by atoms with Gasteiger partial charge in [0.15, 0.2) is 17.6 Å². The van der Waals surface area contributed by atoms with Crippen LogP contribution in [0.4, 0.5) is 10.2 Å². The summed E-state index contributed by atoms with van der Waals surface area (Å²) in [4.78, 5) is 13.3. The van der Waals surface area contributed by atoms with Crippen molar-refractivity contribution in [2.24, 2.45) is 4.99 Å². The van der Waals surface area contributed by atoms with E-state index in [1.807, 2.05) is 11.0 Å². The van der Waals surface area contributed by atoms with Crippen LogP contribution < -0.4 is 15.5 Å². The molecule has 0 radical (unpaired) electrons. The molecule has 1 fully saturated rings. The van der Waals surface area contributed by atoms with Gasteiger partial charge in [0, 0.05) is 37.9 Å². The molecule has 30 heavy (non-hydrogen) atoms. The second kappa shape index (κ2) is 10.9. The molecule has 1 saturated heterocycles. The second-order valence-corrected chi connectivity index (χ2v) is 7.91. The van der Waals surface area contributed by atoms with E-state index in [2.05, 4.69) is 65.8 Å². The number of aromatic nitrogens is 1. The monoisotopic (exact) mass is 412 g/mol. The van der Waals surface area contributed by atoms with E-state index in [1.54, 1.807) is 12.3 Å². The van der Waals surface area contributed by atoms with Crippen molar-refractivity contribution >= 4 is 11.8 Å². The van der Waals surface area contributed by atoms with E-state index in [4.69, 9.17) is 4.99 Å². The van der Waals surface area contributed by atoms with Crippen molar-refractivity contribution in [1.29, 1.82) is 0 Å². The Bertz CT molecular complexity index is 810. The van der Waals surface area contributed by atoms with Crippen molar-refractivity contribution in [3.8, 4) is 0 Å². The maximum Gasteiger partial charge on any atom is 0.191 e. The number of benzene rings is 1. The minimum absolute atomic E-state index is 0.205. The van der Waals surface area contributed by atoms with E-state index < -0.39 is 0 Å². The lowest BCUT2D eigenvalue weighted by atomic mass is 10.1. The molecule has 0 spiro atoms. The Labute approximate surface area is 179 Å². The van der Waals surface area contributed by atoms with Crippen molar-refractivity contribution in [3.05, 3.63) is 60.0 Å². The van der Waals surface area contributed by atoms with Gasteiger partial charge in [-0.05, 0) is 51.6 Å². The average molecular weight is 413 g/mol. The van der Waals surface area contributed by atoms with Gasteiger partial charge in [-0.25, -0.2) is 9.37 Å². The van der Waals surface area contributed by atoms with Crippen LogP contribution in [-0.2, 0) is 6.42 Å². The largest absolute Gasteiger partial charge is 0.357 e. The van der Waals surface area contributed by atoms with E-state index in [0.29, 0.717) is 24.9 Å². The number of aliphatic imine (C=N–C) groups is 1. The van der Waals surface area contributed by atoms with E-state index in [1.165, 1.54) is 11.6 Å². The topological polar surface area (TPSA) is 55.8 Å². The number of likely N-dealkylation sites (N-methyl/N-ethyl adjacent to an activating group) is 1. The Hall–Kier alpha value is -2.67. The van der Waals surface area contributed by atoms with E-state index in [-0.39, 0.29) is 11.9 Å². The molecule has 3 rings (SSSR count). The highest BCUT2D eigenvalue weighted by molar-refractivity contribution is 5.80. The minimum atomic E-state index is -0.270. The minimum Gasteiger partial charge on any atom is -0.357 e. The molecule has 2 heterocycles. The van der Waals surface area contributed by atoms with Crippen molar-refractivity contribution < 1.29 is 4.39 Å². The molecule has 2 aromatic rings. The number of nitrogens with one attached hydrogen (secondary N) is 2. The van der Waals surface area contributed by atoms with E-state index >= 15 is 0 Å². The number of anilines is 1. The maximum atomic E-state index is 14.1. The van der Waals surface area contributed by atoms with Crippen LogP contribution in [0.3, 0.4) is 0 Å². The molecule has 2 N–H and O–H groups in total. The van der Waals surface area contributed by atoms with Crippen LogP contribution in [0, 0.1) is 5.82 Å². The zero-order chi connectivity index (χ0) is 21.3. The highest BCUT2D eigenvalue weighted by atomic mass is 19.1. The molecule has 1 aliphatic rings. The highest BCUT2D eigenvalue weighted by Crippen LogP contribution is 2.20. The number of pyridine rings is 1. The molecular formula is C23H33FN6. The fourth-order valence-corrected chi connectivity index (χ4v) is 3.69. The summed E-state index contributed by atoms with van der Waals surface area (Å²) in [7, 11) is 4.19. The van der Waals surface area contributed by atoms with Gasteiger partial charge in [0.25, 0.3) is 0 Å². The SMILES string of the molecule is CCNC(=NCC(Cc1ccccc1)N(C)C)NC1CCN(c2ncccc2F)C1. The lowest BCUT2D eigenvalue weighted by molar-refractivity contribution is 0.298. The Balaban J connectivity index is 1.60. The quantitative estimate of drug-likeness (QED) is 0.516. The maximum absolute atomic E-state index is 14.1. The Morgan fingerprint density at radius 1 is 1.27 bits per heavy atom. The first-order valence-corrected chi connectivity index (χ1v) is 10.7. The van der Waals surface area contributed by atoms with Crippen molar-refractivity contribution in [2.45, 2.75) is 31.8 Å². The molecular weight excluding hydrogens is 379 g/mol. The van der Waals surface area contributed by atoms with Crippen LogP contribution in [-0.4, -0.2) is 68.2 Å². The molecule has 0 amide bonds. The summed E-state index contributed by atoms with van der Waals surface area (Å²) in [6.45, 7) is 5.04. The first-order valence-electron chi connectivity index (χ1n) is 10.7. The van der Waals surface area contributed by atoms with Gasteiger partial charge < -0.3 is 20.4 Å². The predicted octanol–water partition coefficient (Wildman–Crippen LogP) is 2.53. The zero-order valence-corrected chi connectivity index (χ0v) is 18.2. The molecule has 6 nitrogen and oxygen atoms in total. The lowest BCUT2D eigenvalue weighted by Crippen LogP contribution is -2.45. The molecule has 1 aromatic carbocycles. The van der Waals surface area contributed by atoms with Crippen LogP contribution >= 0.6 is 0 Å². The van der Waals surface area contributed by atoms with Gasteiger partial charge in [0.1, 0.15) is 0 Å². The number of hydrogen-bond donors (Lipinski definition) is 2. The van der Waals surface area contributed by atoms with Crippen LogP contribution in [0.15, 0.2) is 53.7 Å². The Morgan fingerprint density at radius 3 is 2.77 bits per heavy atom. The van der Waals surface area contributed by atoms with E-state index in [9.17, 15) is 4.39 Å². The van der Waals surface area contributed by atoms with Crippen molar-refractivity contribution in [3.63, 3.8) is 0 Å². The fourth-order valence-electron chi connectivity index (χ4n) is 3.69. The summed E-state index contributed by atoms with van der Waals surface area (Å²) in [6.07, 6.45) is 3.51. The predicted molar refractivity (Wildman–Crippen MR) is 122 cm³/mol. The third kappa shape index (κ3) is 6.16. The number of rotatable bonds is 8. The number of hydrogen-bond acceptors (Lipinski definition) is 4. The van der Waals surface area contributed by atoms with Gasteiger partial charge in [-0.3, -0.25) is 4.99 Å². The smallest absolute Gasteiger partial charge is 0.191 e. The normalized spacial score (nSPS) is 18.0. The third-order valence-electron chi connectivity index (χ3n) is 5.42. The molecule has 0 bridgehead atoms. The van der Waals surface area contributed by atoms with Crippen molar-refractivity contribution in [2.75, 3.05) is 45.2 Å². The molecule has 162 valence electrons. The van der Waals surface area contributed by atoms with Crippen LogP contribution in [0.25, 0.3) is 0 Å². The lowest BCUT2D eigenvalue weighted by Gasteiger charge is -2.24. The third-order valence-corrected chi connectivity index (χ3v) is 5.42. The number of halogens is 1. The van der Waals surface area contributed by atoms with Crippen LogP contribution in [0.5, 0.6) is 0 Å². The fraction of sp³-hybridized carbons (Fsp3) is 0.478. The summed E-state index contributed by atoms with van der Waals surface area (Å²) in [5.74, 6) is 0.971. The van der Waals surface area contributed by atoms with Gasteiger partial charge in [0.05, 0.1) is 6.54 Å². The van der Waals surface area contributed by atoms with Crippen LogP contribution in [0.1, 0.15) is 18.9 Å². The highest BCUT2D eigenvalue weighted by Gasteiger charge is 2.26. The van der Waals surface area contributed by atoms with Gasteiger partial charge in [-0.1, -0.05) is 30.3 Å². The van der Waals surface area contributed by atoms with E-state index in [0.717, 1.165) is 31.9 Å².